The van der Waals surface area contributed by atoms with Gasteiger partial charge in [-0.25, -0.2) is 9.59 Å². The number of imide groups is 1. The summed E-state index contributed by atoms with van der Waals surface area (Å²) in [6.45, 7) is 6.32. The number of anilines is 1. The van der Waals surface area contributed by atoms with Gasteiger partial charge >= 0.3 is 12.0 Å². The van der Waals surface area contributed by atoms with Crippen LogP contribution in [0.4, 0.5) is 10.7 Å². The Morgan fingerprint density at radius 3 is 2.38 bits per heavy atom. The number of rotatable bonds is 4. The second kappa shape index (κ2) is 6.73. The van der Waals surface area contributed by atoms with E-state index < -0.39 is 24.0 Å². The molecular formula is C12H18N4O5. The summed E-state index contributed by atoms with van der Waals surface area (Å²) in [7, 11) is 0. The van der Waals surface area contributed by atoms with E-state index in [1.807, 2.05) is 0 Å². The molecule has 0 bridgehead atoms. The standard InChI is InChI=1S/C12H18N4O5/c1-5(2)14-12(19)15-10(17)7(4)20-11(18)8-6(3)16-21-9(8)13/h5,7H,13H2,1-4H3,(H2,14,15,17,19). The fourth-order valence-corrected chi connectivity index (χ4v) is 1.42. The van der Waals surface area contributed by atoms with Crippen molar-refractivity contribution in [2.24, 2.45) is 0 Å². The average Bonchev–Trinajstić information content (AvgIpc) is 2.67. The Labute approximate surface area is 121 Å². The van der Waals surface area contributed by atoms with Crippen molar-refractivity contribution in [3.8, 4) is 0 Å². The number of carbonyl (C=O) groups excluding carboxylic acids is 3. The Bertz CT molecular complexity index is 532. The normalized spacial score (nSPS) is 11.9. The highest BCUT2D eigenvalue weighted by Crippen LogP contribution is 2.17. The van der Waals surface area contributed by atoms with Gasteiger partial charge in [-0.3, -0.25) is 10.1 Å². The number of carbonyl (C=O) groups is 3. The lowest BCUT2D eigenvalue weighted by molar-refractivity contribution is -0.127. The van der Waals surface area contributed by atoms with Crippen LogP contribution in [-0.4, -0.2) is 35.2 Å². The van der Waals surface area contributed by atoms with Crippen LogP contribution in [0.2, 0.25) is 0 Å². The third kappa shape index (κ3) is 4.48. The van der Waals surface area contributed by atoms with Crippen molar-refractivity contribution in [3.05, 3.63) is 11.3 Å². The first-order chi connectivity index (χ1) is 9.72. The first-order valence-corrected chi connectivity index (χ1v) is 6.26. The molecule has 1 aromatic rings. The molecule has 1 unspecified atom stereocenters. The summed E-state index contributed by atoms with van der Waals surface area (Å²) < 4.78 is 9.54. The van der Waals surface area contributed by atoms with Gasteiger partial charge in [0.2, 0.25) is 5.88 Å². The predicted molar refractivity (Wildman–Crippen MR) is 72.3 cm³/mol. The maximum atomic E-state index is 11.8. The topological polar surface area (TPSA) is 137 Å². The fourth-order valence-electron chi connectivity index (χ4n) is 1.42. The molecule has 21 heavy (non-hydrogen) atoms. The second-order valence-corrected chi connectivity index (χ2v) is 4.67. The molecule has 0 aliphatic heterocycles. The van der Waals surface area contributed by atoms with E-state index in [9.17, 15) is 14.4 Å². The number of nitrogens with two attached hydrogens (primary N) is 1. The summed E-state index contributed by atoms with van der Waals surface area (Å²) in [5.41, 5.74) is 5.65. The van der Waals surface area contributed by atoms with Gasteiger partial charge in [0.1, 0.15) is 5.56 Å². The monoisotopic (exact) mass is 298 g/mol. The Morgan fingerprint density at radius 2 is 1.90 bits per heavy atom. The molecule has 0 radical (unpaired) electrons. The van der Waals surface area contributed by atoms with Crippen LogP contribution < -0.4 is 16.4 Å². The van der Waals surface area contributed by atoms with Crippen LogP contribution in [0.15, 0.2) is 4.52 Å². The van der Waals surface area contributed by atoms with Gasteiger partial charge in [0.05, 0.1) is 5.69 Å². The zero-order chi connectivity index (χ0) is 16.2. The molecule has 0 fully saturated rings. The molecule has 1 rings (SSSR count). The van der Waals surface area contributed by atoms with Crippen molar-refractivity contribution >= 4 is 23.8 Å². The summed E-state index contributed by atoms with van der Waals surface area (Å²) in [5, 5.41) is 8.03. The number of aromatic nitrogens is 1. The zero-order valence-electron chi connectivity index (χ0n) is 12.2. The smallest absolute Gasteiger partial charge is 0.346 e. The number of nitrogens with one attached hydrogen (secondary N) is 2. The molecule has 0 aliphatic carbocycles. The molecule has 3 amide bonds. The molecule has 0 spiro atoms. The van der Waals surface area contributed by atoms with Crippen LogP contribution in [0.5, 0.6) is 0 Å². The van der Waals surface area contributed by atoms with Crippen LogP contribution >= 0.6 is 0 Å². The molecule has 1 atom stereocenters. The van der Waals surface area contributed by atoms with Crippen LogP contribution in [0, 0.1) is 6.92 Å². The lowest BCUT2D eigenvalue weighted by atomic mass is 10.2. The Morgan fingerprint density at radius 1 is 1.29 bits per heavy atom. The summed E-state index contributed by atoms with van der Waals surface area (Å²) in [6.07, 6.45) is -1.18. The molecule has 1 heterocycles. The lowest BCUT2D eigenvalue weighted by Gasteiger charge is -2.14. The van der Waals surface area contributed by atoms with Gasteiger partial charge in [0.15, 0.2) is 6.10 Å². The van der Waals surface area contributed by atoms with Gasteiger partial charge in [-0.05, 0) is 27.7 Å². The van der Waals surface area contributed by atoms with Crippen LogP contribution in [-0.2, 0) is 9.53 Å². The van der Waals surface area contributed by atoms with Gasteiger partial charge in [-0.15, -0.1) is 0 Å². The van der Waals surface area contributed by atoms with E-state index in [1.54, 1.807) is 13.8 Å². The highest BCUT2D eigenvalue weighted by Gasteiger charge is 2.25. The predicted octanol–water partition coefficient (Wildman–Crippen LogP) is 0.345. The number of ether oxygens (including phenoxy) is 1. The minimum Gasteiger partial charge on any atom is -0.449 e. The average molecular weight is 298 g/mol. The highest BCUT2D eigenvalue weighted by molar-refractivity contribution is 5.99. The van der Waals surface area contributed by atoms with Gasteiger partial charge in [-0.2, -0.15) is 0 Å². The summed E-state index contributed by atoms with van der Waals surface area (Å²) >= 11 is 0. The van der Waals surface area contributed by atoms with E-state index in [0.29, 0.717) is 0 Å². The number of aryl methyl sites for hydroxylation is 1. The molecule has 1 aromatic heterocycles. The minimum atomic E-state index is -1.18. The Kier molecular flexibility index (Phi) is 5.28. The van der Waals surface area contributed by atoms with E-state index in [-0.39, 0.29) is 23.2 Å². The highest BCUT2D eigenvalue weighted by atomic mass is 16.5. The first kappa shape index (κ1) is 16.5. The van der Waals surface area contributed by atoms with Crippen LogP contribution in [0.25, 0.3) is 0 Å². The van der Waals surface area contributed by atoms with Gasteiger partial charge in [-0.1, -0.05) is 5.16 Å². The van der Waals surface area contributed by atoms with Gasteiger partial charge in [0.25, 0.3) is 5.91 Å². The van der Waals surface area contributed by atoms with Crippen molar-refractivity contribution in [1.29, 1.82) is 0 Å². The number of amides is 3. The number of esters is 1. The molecular weight excluding hydrogens is 280 g/mol. The van der Waals surface area contributed by atoms with Crippen LogP contribution in [0.1, 0.15) is 36.8 Å². The van der Waals surface area contributed by atoms with Crippen molar-refractivity contribution in [2.75, 3.05) is 5.73 Å². The molecule has 4 N–H and O–H groups in total. The third-order valence-corrected chi connectivity index (χ3v) is 2.40. The number of hydrogen-bond donors (Lipinski definition) is 3. The fraction of sp³-hybridized carbons (Fsp3) is 0.500. The van der Waals surface area contributed by atoms with Crippen LogP contribution in [0.3, 0.4) is 0 Å². The van der Waals surface area contributed by atoms with Gasteiger partial charge in [0, 0.05) is 6.04 Å². The molecule has 9 heteroatoms. The first-order valence-electron chi connectivity index (χ1n) is 6.26. The molecule has 0 aromatic carbocycles. The molecule has 0 saturated heterocycles. The van der Waals surface area contributed by atoms with Crippen molar-refractivity contribution in [2.45, 2.75) is 39.8 Å². The molecule has 9 nitrogen and oxygen atoms in total. The molecule has 116 valence electrons. The molecule has 0 saturated carbocycles. The van der Waals surface area contributed by atoms with E-state index in [1.165, 1.54) is 13.8 Å². The lowest BCUT2D eigenvalue weighted by Crippen LogP contribution is -2.46. The van der Waals surface area contributed by atoms with E-state index in [4.69, 9.17) is 10.5 Å². The summed E-state index contributed by atoms with van der Waals surface area (Å²) in [6, 6.07) is -0.798. The zero-order valence-corrected chi connectivity index (χ0v) is 12.2. The second-order valence-electron chi connectivity index (χ2n) is 4.67. The Balaban J connectivity index is 2.60. The number of nitrogen functional groups attached to an aromatic ring is 1. The SMILES string of the molecule is Cc1noc(N)c1C(=O)OC(C)C(=O)NC(=O)NC(C)C. The quantitative estimate of drug-likeness (QED) is 0.682. The number of hydrogen-bond acceptors (Lipinski definition) is 7. The summed E-state index contributed by atoms with van der Waals surface area (Å²) in [4.78, 5) is 34.9. The largest absolute Gasteiger partial charge is 0.449 e. The van der Waals surface area contributed by atoms with Crippen molar-refractivity contribution in [3.63, 3.8) is 0 Å². The molecule has 0 aliphatic rings. The van der Waals surface area contributed by atoms with Crippen molar-refractivity contribution < 1.29 is 23.6 Å². The third-order valence-electron chi connectivity index (χ3n) is 2.40. The maximum absolute atomic E-state index is 11.8. The maximum Gasteiger partial charge on any atom is 0.346 e. The minimum absolute atomic E-state index is 0.0405. The van der Waals surface area contributed by atoms with E-state index in [0.717, 1.165) is 0 Å². The number of urea groups is 1. The Hall–Kier alpha value is -2.58. The van der Waals surface area contributed by atoms with E-state index >= 15 is 0 Å². The van der Waals surface area contributed by atoms with Crippen molar-refractivity contribution in [1.82, 2.24) is 15.8 Å². The summed E-state index contributed by atoms with van der Waals surface area (Å²) in [5.74, 6) is -1.80. The number of nitrogens with zero attached hydrogens (tertiary/aromatic N) is 1. The van der Waals surface area contributed by atoms with E-state index in [2.05, 4.69) is 20.3 Å². The van der Waals surface area contributed by atoms with Gasteiger partial charge < -0.3 is 20.3 Å².